The van der Waals surface area contributed by atoms with E-state index in [0.29, 0.717) is 6.54 Å². The molecule has 0 heterocycles. The minimum Gasteiger partial charge on any atom is -0.399 e. The molecule has 0 radical (unpaired) electrons. The smallest absolute Gasteiger partial charge is 0.0709 e. The molecule has 4 N–H and O–H groups in total. The van der Waals surface area contributed by atoms with Crippen LogP contribution in [0.1, 0.15) is 13.3 Å². The van der Waals surface area contributed by atoms with Crippen molar-refractivity contribution in [3.63, 3.8) is 0 Å². The number of aliphatic hydroxyl groups is 1. The van der Waals surface area contributed by atoms with Crippen molar-refractivity contribution in [1.29, 1.82) is 0 Å². The molecule has 0 fully saturated rings. The minimum absolute atomic E-state index is 0.306. The third-order valence-corrected chi connectivity index (χ3v) is 2.65. The summed E-state index contributed by atoms with van der Waals surface area (Å²) in [5.41, 5.74) is 7.27. The third-order valence-electron chi connectivity index (χ3n) is 1.99. The van der Waals surface area contributed by atoms with Crippen molar-refractivity contribution >= 4 is 27.3 Å². The highest BCUT2D eigenvalue weighted by Crippen LogP contribution is 2.24. The molecular formula is C10H15BrN2O. The molecule has 0 aromatic heterocycles. The molecule has 1 unspecified atom stereocenters. The highest BCUT2D eigenvalue weighted by atomic mass is 79.9. The molecule has 14 heavy (non-hydrogen) atoms. The maximum Gasteiger partial charge on any atom is 0.0709 e. The Morgan fingerprint density at radius 3 is 2.86 bits per heavy atom. The Labute approximate surface area is 92.4 Å². The summed E-state index contributed by atoms with van der Waals surface area (Å²) in [7, 11) is 0. The van der Waals surface area contributed by atoms with E-state index >= 15 is 0 Å². The van der Waals surface area contributed by atoms with Crippen molar-refractivity contribution < 1.29 is 5.11 Å². The number of nitrogens with one attached hydrogen (secondary N) is 1. The fraction of sp³-hybridized carbons (Fsp3) is 0.400. The number of anilines is 2. The number of aliphatic hydroxyl groups excluding tert-OH is 1. The van der Waals surface area contributed by atoms with Crippen LogP contribution in [0.3, 0.4) is 0 Å². The standard InChI is InChI=1S/C10H15BrN2O/c1-2-8(14)6-13-10-4-3-7(12)5-9(10)11/h3-5,8,13-14H,2,6,12H2,1H3. The average Bonchev–Trinajstić information content (AvgIpc) is 2.16. The van der Waals surface area contributed by atoms with Gasteiger partial charge in [0.05, 0.1) is 6.10 Å². The zero-order chi connectivity index (χ0) is 10.6. The van der Waals surface area contributed by atoms with Gasteiger partial charge in [0.2, 0.25) is 0 Å². The van der Waals surface area contributed by atoms with Gasteiger partial charge in [0, 0.05) is 22.4 Å². The normalized spacial score (nSPS) is 12.5. The lowest BCUT2D eigenvalue weighted by atomic mass is 10.2. The van der Waals surface area contributed by atoms with Crippen LogP contribution in [0.15, 0.2) is 22.7 Å². The molecule has 0 saturated carbocycles. The zero-order valence-corrected chi connectivity index (χ0v) is 9.71. The first kappa shape index (κ1) is 11.3. The molecule has 0 aliphatic carbocycles. The minimum atomic E-state index is -0.306. The van der Waals surface area contributed by atoms with E-state index in [4.69, 9.17) is 5.73 Å². The second-order valence-electron chi connectivity index (χ2n) is 3.18. The number of rotatable bonds is 4. The van der Waals surface area contributed by atoms with E-state index in [9.17, 15) is 5.11 Å². The molecule has 0 spiro atoms. The summed E-state index contributed by atoms with van der Waals surface area (Å²) in [5, 5.41) is 12.5. The average molecular weight is 259 g/mol. The summed E-state index contributed by atoms with van der Waals surface area (Å²) in [6.45, 7) is 2.50. The van der Waals surface area contributed by atoms with Crippen LogP contribution in [0.25, 0.3) is 0 Å². The fourth-order valence-electron chi connectivity index (χ4n) is 1.05. The Bertz CT molecular complexity index is 304. The van der Waals surface area contributed by atoms with Gasteiger partial charge < -0.3 is 16.2 Å². The summed E-state index contributed by atoms with van der Waals surface area (Å²) in [6, 6.07) is 5.55. The van der Waals surface area contributed by atoms with Crippen molar-refractivity contribution in [3.05, 3.63) is 22.7 Å². The first-order valence-electron chi connectivity index (χ1n) is 4.60. The van der Waals surface area contributed by atoms with Crippen molar-refractivity contribution in [3.8, 4) is 0 Å². The van der Waals surface area contributed by atoms with Crippen molar-refractivity contribution in [2.75, 3.05) is 17.6 Å². The predicted molar refractivity (Wildman–Crippen MR) is 63.3 cm³/mol. The maximum atomic E-state index is 9.36. The number of nitrogens with two attached hydrogens (primary N) is 1. The number of hydrogen-bond donors (Lipinski definition) is 3. The summed E-state index contributed by atoms with van der Waals surface area (Å²) < 4.78 is 0.917. The highest BCUT2D eigenvalue weighted by molar-refractivity contribution is 9.10. The number of nitrogen functional groups attached to an aromatic ring is 1. The van der Waals surface area contributed by atoms with Crippen LogP contribution in [0.5, 0.6) is 0 Å². The van der Waals surface area contributed by atoms with Gasteiger partial charge in [-0.05, 0) is 40.5 Å². The summed E-state index contributed by atoms with van der Waals surface area (Å²) in [4.78, 5) is 0. The van der Waals surface area contributed by atoms with Crippen molar-refractivity contribution in [2.45, 2.75) is 19.4 Å². The lowest BCUT2D eigenvalue weighted by Gasteiger charge is -2.12. The van der Waals surface area contributed by atoms with Crippen LogP contribution in [0.2, 0.25) is 0 Å². The van der Waals surface area contributed by atoms with Gasteiger partial charge >= 0.3 is 0 Å². The first-order valence-corrected chi connectivity index (χ1v) is 5.39. The topological polar surface area (TPSA) is 58.3 Å². The van der Waals surface area contributed by atoms with E-state index in [1.54, 1.807) is 0 Å². The Hall–Kier alpha value is -0.740. The number of hydrogen-bond acceptors (Lipinski definition) is 3. The second kappa shape index (κ2) is 5.22. The Morgan fingerprint density at radius 1 is 1.57 bits per heavy atom. The Kier molecular flexibility index (Phi) is 4.22. The maximum absolute atomic E-state index is 9.36. The molecular weight excluding hydrogens is 244 g/mol. The molecule has 0 aliphatic heterocycles. The van der Waals surface area contributed by atoms with Crippen LogP contribution in [0.4, 0.5) is 11.4 Å². The van der Waals surface area contributed by atoms with E-state index in [2.05, 4.69) is 21.2 Å². The number of benzene rings is 1. The van der Waals surface area contributed by atoms with E-state index < -0.39 is 0 Å². The molecule has 3 nitrogen and oxygen atoms in total. The van der Waals surface area contributed by atoms with Gasteiger partial charge in [-0.1, -0.05) is 6.92 Å². The van der Waals surface area contributed by atoms with Crippen LogP contribution in [-0.2, 0) is 0 Å². The largest absolute Gasteiger partial charge is 0.399 e. The van der Waals surface area contributed by atoms with Crippen LogP contribution in [-0.4, -0.2) is 17.8 Å². The second-order valence-corrected chi connectivity index (χ2v) is 4.04. The van der Waals surface area contributed by atoms with Gasteiger partial charge in [0.25, 0.3) is 0 Å². The van der Waals surface area contributed by atoms with E-state index in [1.165, 1.54) is 0 Å². The predicted octanol–water partition coefficient (Wildman–Crippen LogP) is 2.21. The first-order chi connectivity index (χ1) is 6.63. The molecule has 0 saturated heterocycles. The SMILES string of the molecule is CCC(O)CNc1ccc(N)cc1Br. The Balaban J connectivity index is 2.59. The van der Waals surface area contributed by atoms with Gasteiger partial charge in [-0.15, -0.1) is 0 Å². The monoisotopic (exact) mass is 258 g/mol. The lowest BCUT2D eigenvalue weighted by molar-refractivity contribution is 0.183. The summed E-state index contributed by atoms with van der Waals surface area (Å²) >= 11 is 3.39. The molecule has 1 aromatic rings. The van der Waals surface area contributed by atoms with Crippen LogP contribution < -0.4 is 11.1 Å². The van der Waals surface area contributed by atoms with E-state index in [1.807, 2.05) is 25.1 Å². The number of halogens is 1. The molecule has 1 atom stereocenters. The molecule has 0 amide bonds. The highest BCUT2D eigenvalue weighted by Gasteiger charge is 2.03. The van der Waals surface area contributed by atoms with Gasteiger partial charge in [-0.25, -0.2) is 0 Å². The van der Waals surface area contributed by atoms with Gasteiger partial charge in [0.1, 0.15) is 0 Å². The lowest BCUT2D eigenvalue weighted by Crippen LogP contribution is -2.18. The Morgan fingerprint density at radius 2 is 2.29 bits per heavy atom. The van der Waals surface area contributed by atoms with E-state index in [0.717, 1.165) is 22.3 Å². The van der Waals surface area contributed by atoms with Crippen LogP contribution >= 0.6 is 15.9 Å². The third kappa shape index (κ3) is 3.20. The van der Waals surface area contributed by atoms with Crippen LogP contribution in [0, 0.1) is 0 Å². The molecule has 1 rings (SSSR count). The summed E-state index contributed by atoms with van der Waals surface area (Å²) in [6.07, 6.45) is 0.444. The molecule has 0 bridgehead atoms. The summed E-state index contributed by atoms with van der Waals surface area (Å²) in [5.74, 6) is 0. The van der Waals surface area contributed by atoms with E-state index in [-0.39, 0.29) is 6.10 Å². The molecule has 0 aliphatic rings. The van der Waals surface area contributed by atoms with Gasteiger partial charge in [-0.3, -0.25) is 0 Å². The van der Waals surface area contributed by atoms with Crippen molar-refractivity contribution in [2.24, 2.45) is 0 Å². The van der Waals surface area contributed by atoms with Gasteiger partial charge in [-0.2, -0.15) is 0 Å². The quantitative estimate of drug-likeness (QED) is 0.726. The molecule has 4 heteroatoms. The molecule has 1 aromatic carbocycles. The molecule has 78 valence electrons. The van der Waals surface area contributed by atoms with Gasteiger partial charge in [0.15, 0.2) is 0 Å². The van der Waals surface area contributed by atoms with Crippen molar-refractivity contribution in [1.82, 2.24) is 0 Å². The zero-order valence-electron chi connectivity index (χ0n) is 8.13. The fourth-order valence-corrected chi connectivity index (χ4v) is 1.58.